The fourth-order valence-electron chi connectivity index (χ4n) is 6.73. The first kappa shape index (κ1) is 35.4. The number of halogens is 1. The van der Waals surface area contributed by atoms with E-state index in [4.69, 9.17) is 19.3 Å². The van der Waals surface area contributed by atoms with E-state index in [1.54, 1.807) is 0 Å². The van der Waals surface area contributed by atoms with E-state index in [9.17, 15) is 24.8 Å². The molecule has 0 aromatic rings. The van der Waals surface area contributed by atoms with Crippen LogP contribution >= 0.6 is 0 Å². The number of alkyl halides is 1. The first-order chi connectivity index (χ1) is 21.2. The molecule has 0 bridgehead atoms. The molecule has 8 N–H and O–H groups in total. The lowest BCUT2D eigenvalue weighted by Crippen LogP contribution is -2.49. The van der Waals surface area contributed by atoms with Gasteiger partial charge in [0, 0.05) is 31.7 Å². The Kier molecular flexibility index (Phi) is 14.1. The first-order valence-electron chi connectivity index (χ1n) is 16.3. The van der Waals surface area contributed by atoms with Crippen LogP contribution in [-0.4, -0.2) is 114 Å². The number of nitrogens with one attached hydrogen (secondary N) is 3. The van der Waals surface area contributed by atoms with E-state index in [1.807, 2.05) is 6.20 Å². The third kappa shape index (κ3) is 10.3. The van der Waals surface area contributed by atoms with Crippen LogP contribution in [0.4, 0.5) is 4.39 Å². The van der Waals surface area contributed by atoms with E-state index in [1.165, 1.54) is 7.11 Å². The SMILES string of the molecule is COC(O)[C@H](CCC(O)OCC(O)CO)NC(O)C1CNC(C2CC(OC3CC=C(C4=CC(C)CC[C@@H]4F)CC3)C=CN2)C1. The molecular weight excluding hydrogens is 573 g/mol. The summed E-state index contributed by atoms with van der Waals surface area (Å²) in [5, 5.41) is 59.7. The van der Waals surface area contributed by atoms with Gasteiger partial charge >= 0.3 is 0 Å². The van der Waals surface area contributed by atoms with E-state index in [-0.39, 0.29) is 49.7 Å². The highest BCUT2D eigenvalue weighted by Gasteiger charge is 2.37. The standard InChI is InChI=1S/C32H54FN3O8/c1-19-3-8-26(33)25(13-19)20-4-6-23(7-5-20)44-24-11-12-34-29(15-24)28-14-21(16-35-28)31(40)36-27(32(41)42-2)9-10-30(39)43-18-22(38)17-37/h4,11-13,19,21-24,26-32,34-41H,3,5-10,14-18H2,1-2H3/t19?,21?,22?,23?,24?,26-,27-,28?,29?,30?,31?,32?/m0/s1. The molecule has 1 fully saturated rings. The van der Waals surface area contributed by atoms with E-state index in [0.717, 1.165) is 43.3 Å². The molecule has 4 aliphatic rings. The van der Waals surface area contributed by atoms with E-state index < -0.39 is 43.7 Å². The number of ether oxygens (including phenoxy) is 3. The van der Waals surface area contributed by atoms with Crippen LogP contribution in [0.1, 0.15) is 64.7 Å². The fraction of sp³-hybridized carbons (Fsp3) is 0.812. The maximum Gasteiger partial charge on any atom is 0.169 e. The van der Waals surface area contributed by atoms with Gasteiger partial charge in [-0.25, -0.2) is 4.39 Å². The second-order valence-corrected chi connectivity index (χ2v) is 12.9. The zero-order chi connectivity index (χ0) is 31.6. The van der Waals surface area contributed by atoms with Crippen molar-refractivity contribution in [2.75, 3.05) is 26.9 Å². The molecule has 4 rings (SSSR count). The van der Waals surface area contributed by atoms with Crippen molar-refractivity contribution >= 4 is 0 Å². The minimum Gasteiger partial charge on any atom is -0.394 e. The normalized spacial score (nSPS) is 34.4. The summed E-state index contributed by atoms with van der Waals surface area (Å²) in [5.41, 5.74) is 2.05. The van der Waals surface area contributed by atoms with Crippen LogP contribution in [0.5, 0.6) is 0 Å². The molecule has 11 nitrogen and oxygen atoms in total. The quantitative estimate of drug-likeness (QED) is 0.116. The first-order valence-corrected chi connectivity index (χ1v) is 16.3. The highest BCUT2D eigenvalue weighted by atomic mass is 19.1. The number of hydrogen-bond acceptors (Lipinski definition) is 11. The van der Waals surface area contributed by atoms with Crippen LogP contribution in [0.2, 0.25) is 0 Å². The Balaban J connectivity index is 1.21. The van der Waals surface area contributed by atoms with Crippen molar-refractivity contribution < 1.29 is 44.1 Å². The molecule has 252 valence electrons. The Morgan fingerprint density at radius 3 is 2.64 bits per heavy atom. The molecule has 2 aliphatic carbocycles. The lowest BCUT2D eigenvalue weighted by Gasteiger charge is -2.34. The van der Waals surface area contributed by atoms with Crippen LogP contribution in [0.25, 0.3) is 0 Å². The monoisotopic (exact) mass is 627 g/mol. The Hall–Kier alpha value is -1.45. The molecule has 0 amide bonds. The van der Waals surface area contributed by atoms with Gasteiger partial charge in [0.25, 0.3) is 0 Å². The molecule has 0 radical (unpaired) electrons. The Morgan fingerprint density at radius 2 is 1.91 bits per heavy atom. The third-order valence-electron chi connectivity index (χ3n) is 9.40. The fourth-order valence-corrected chi connectivity index (χ4v) is 6.73. The summed E-state index contributed by atoms with van der Waals surface area (Å²) in [7, 11) is 1.36. The summed E-state index contributed by atoms with van der Waals surface area (Å²) in [6.07, 6.45) is 9.03. The number of aliphatic hydroxyl groups is 5. The number of rotatable bonds is 16. The average molecular weight is 628 g/mol. The summed E-state index contributed by atoms with van der Waals surface area (Å²) in [6, 6.07) is -0.423. The molecule has 2 heterocycles. The molecule has 0 spiro atoms. The summed E-state index contributed by atoms with van der Waals surface area (Å²) in [4.78, 5) is 0. The zero-order valence-electron chi connectivity index (χ0n) is 26.1. The third-order valence-corrected chi connectivity index (χ3v) is 9.40. The molecule has 44 heavy (non-hydrogen) atoms. The van der Waals surface area contributed by atoms with Crippen LogP contribution in [0.15, 0.2) is 35.6 Å². The van der Waals surface area contributed by atoms with Crippen molar-refractivity contribution in [3.05, 3.63) is 35.6 Å². The number of aliphatic hydroxyl groups excluding tert-OH is 5. The lowest BCUT2D eigenvalue weighted by atomic mass is 9.82. The van der Waals surface area contributed by atoms with Crippen molar-refractivity contribution in [1.29, 1.82) is 0 Å². The maximum absolute atomic E-state index is 14.6. The molecule has 10 unspecified atom stereocenters. The van der Waals surface area contributed by atoms with Gasteiger partial charge < -0.3 is 50.4 Å². The number of methoxy groups -OCH3 is 1. The van der Waals surface area contributed by atoms with Gasteiger partial charge in [-0.05, 0) is 87.1 Å². The van der Waals surface area contributed by atoms with Crippen LogP contribution < -0.4 is 16.0 Å². The number of allylic oxidation sites excluding steroid dienone is 3. The van der Waals surface area contributed by atoms with Crippen LogP contribution in [0, 0.1) is 11.8 Å². The largest absolute Gasteiger partial charge is 0.394 e. The molecule has 12 atom stereocenters. The van der Waals surface area contributed by atoms with Gasteiger partial charge in [-0.15, -0.1) is 0 Å². The van der Waals surface area contributed by atoms with Crippen LogP contribution in [-0.2, 0) is 14.2 Å². The number of hydrogen-bond donors (Lipinski definition) is 8. The van der Waals surface area contributed by atoms with Gasteiger partial charge in [0.05, 0.1) is 31.5 Å². The average Bonchev–Trinajstić information content (AvgIpc) is 3.54. The van der Waals surface area contributed by atoms with Gasteiger partial charge in [0.15, 0.2) is 12.6 Å². The summed E-state index contributed by atoms with van der Waals surface area (Å²) in [6.45, 7) is 2.06. The Bertz CT molecular complexity index is 970. The van der Waals surface area contributed by atoms with Gasteiger partial charge in [-0.1, -0.05) is 19.1 Å². The van der Waals surface area contributed by atoms with E-state index in [0.29, 0.717) is 25.3 Å². The molecule has 12 heteroatoms. The Labute approximate surface area is 260 Å². The van der Waals surface area contributed by atoms with Gasteiger partial charge in [-0.2, -0.15) is 0 Å². The van der Waals surface area contributed by atoms with Crippen molar-refractivity contribution in [3.8, 4) is 0 Å². The predicted molar refractivity (Wildman–Crippen MR) is 163 cm³/mol. The molecule has 0 aromatic carbocycles. The van der Waals surface area contributed by atoms with Crippen molar-refractivity contribution in [3.63, 3.8) is 0 Å². The van der Waals surface area contributed by atoms with Gasteiger partial charge in [0.1, 0.15) is 18.5 Å². The molecule has 2 aliphatic heterocycles. The molecular formula is C32H54FN3O8. The topological polar surface area (TPSA) is 165 Å². The highest BCUT2D eigenvalue weighted by Crippen LogP contribution is 2.36. The summed E-state index contributed by atoms with van der Waals surface area (Å²) >= 11 is 0. The highest BCUT2D eigenvalue weighted by molar-refractivity contribution is 5.37. The Morgan fingerprint density at radius 1 is 1.09 bits per heavy atom. The summed E-state index contributed by atoms with van der Waals surface area (Å²) < 4.78 is 31.2. The minimum absolute atomic E-state index is 0.0266. The van der Waals surface area contributed by atoms with E-state index in [2.05, 4.69) is 41.1 Å². The van der Waals surface area contributed by atoms with Crippen molar-refractivity contribution in [1.82, 2.24) is 16.0 Å². The van der Waals surface area contributed by atoms with Gasteiger partial charge in [0.2, 0.25) is 0 Å². The predicted octanol–water partition coefficient (Wildman–Crippen LogP) is 1.11. The van der Waals surface area contributed by atoms with Crippen LogP contribution in [0.3, 0.4) is 0 Å². The van der Waals surface area contributed by atoms with Gasteiger partial charge in [-0.3, -0.25) is 5.32 Å². The van der Waals surface area contributed by atoms with Crippen molar-refractivity contribution in [2.45, 2.75) is 126 Å². The smallest absolute Gasteiger partial charge is 0.169 e. The zero-order valence-corrected chi connectivity index (χ0v) is 26.1. The molecule has 0 aromatic heterocycles. The minimum atomic E-state index is -1.21. The second kappa shape index (κ2) is 17.5. The second-order valence-electron chi connectivity index (χ2n) is 12.9. The summed E-state index contributed by atoms with van der Waals surface area (Å²) in [5.74, 6) is 0.319. The molecule has 1 saturated heterocycles. The van der Waals surface area contributed by atoms with E-state index >= 15 is 0 Å². The molecule has 0 saturated carbocycles. The maximum atomic E-state index is 14.6. The lowest BCUT2D eigenvalue weighted by molar-refractivity contribution is -0.141. The van der Waals surface area contributed by atoms with Crippen molar-refractivity contribution in [2.24, 2.45) is 11.8 Å².